The number of nitrogens with one attached hydrogen (secondary N) is 1. The second kappa shape index (κ2) is 6.47. The Bertz CT molecular complexity index is 394. The lowest BCUT2D eigenvalue weighted by molar-refractivity contribution is 0.105. The molecule has 0 bridgehead atoms. The normalized spacial score (nSPS) is 12.7. The van der Waals surface area contributed by atoms with E-state index in [9.17, 15) is 5.11 Å². The van der Waals surface area contributed by atoms with E-state index in [0.29, 0.717) is 29.7 Å². The predicted octanol–water partition coefficient (Wildman–Crippen LogP) is 0.897. The van der Waals surface area contributed by atoms with E-state index in [1.165, 1.54) is 0 Å². The van der Waals surface area contributed by atoms with Crippen LogP contribution < -0.4 is 21.5 Å². The molecule has 0 amide bonds. The molecule has 0 aliphatic rings. The number of aryl methyl sites for hydroxylation is 1. The molecule has 0 aliphatic heterocycles. The minimum Gasteiger partial charge on any atom is -0.489 e. The first-order valence-electron chi connectivity index (χ1n) is 6.10. The van der Waals surface area contributed by atoms with Gasteiger partial charge in [0.15, 0.2) is 0 Å². The molecule has 0 heterocycles. The minimum atomic E-state index is -0.575. The summed E-state index contributed by atoms with van der Waals surface area (Å²) in [5, 5.41) is 12.8. The molecular formula is C13H23N3O2. The van der Waals surface area contributed by atoms with Crippen LogP contribution in [0.2, 0.25) is 0 Å². The van der Waals surface area contributed by atoms with Crippen molar-refractivity contribution in [2.45, 2.75) is 32.9 Å². The number of nitrogen functional groups attached to an aromatic ring is 2. The number of anilines is 2. The van der Waals surface area contributed by atoms with Gasteiger partial charge in [-0.05, 0) is 18.6 Å². The van der Waals surface area contributed by atoms with Gasteiger partial charge in [0, 0.05) is 12.6 Å². The highest BCUT2D eigenvalue weighted by molar-refractivity contribution is 5.73. The summed E-state index contributed by atoms with van der Waals surface area (Å²) in [7, 11) is 0. The van der Waals surface area contributed by atoms with Crippen LogP contribution in [0.3, 0.4) is 0 Å². The molecule has 0 aromatic heterocycles. The summed E-state index contributed by atoms with van der Waals surface area (Å²) in [5.41, 5.74) is 13.5. The van der Waals surface area contributed by atoms with Crippen molar-refractivity contribution >= 4 is 11.4 Å². The van der Waals surface area contributed by atoms with Gasteiger partial charge >= 0.3 is 0 Å². The van der Waals surface area contributed by atoms with Crippen LogP contribution in [0.4, 0.5) is 11.4 Å². The molecule has 1 unspecified atom stereocenters. The van der Waals surface area contributed by atoms with Crippen LogP contribution in [0.15, 0.2) is 12.1 Å². The zero-order valence-corrected chi connectivity index (χ0v) is 11.2. The van der Waals surface area contributed by atoms with Gasteiger partial charge in [0.2, 0.25) is 0 Å². The second-order valence-corrected chi connectivity index (χ2v) is 4.74. The maximum atomic E-state index is 9.71. The van der Waals surface area contributed by atoms with Gasteiger partial charge in [-0.25, -0.2) is 0 Å². The van der Waals surface area contributed by atoms with Gasteiger partial charge in [-0.15, -0.1) is 0 Å². The molecule has 0 fully saturated rings. The molecule has 102 valence electrons. The summed E-state index contributed by atoms with van der Waals surface area (Å²) in [6.45, 7) is 6.60. The average Bonchev–Trinajstić information content (AvgIpc) is 2.32. The average molecular weight is 253 g/mol. The fourth-order valence-electron chi connectivity index (χ4n) is 1.47. The number of hydrogen-bond donors (Lipinski definition) is 4. The summed E-state index contributed by atoms with van der Waals surface area (Å²) in [5.74, 6) is 0.515. The highest BCUT2D eigenvalue weighted by atomic mass is 16.5. The van der Waals surface area contributed by atoms with E-state index in [1.54, 1.807) is 6.07 Å². The van der Waals surface area contributed by atoms with E-state index in [2.05, 4.69) is 5.32 Å². The third kappa shape index (κ3) is 4.09. The van der Waals surface area contributed by atoms with E-state index in [0.717, 1.165) is 5.56 Å². The first kappa shape index (κ1) is 14.6. The highest BCUT2D eigenvalue weighted by Crippen LogP contribution is 2.30. The molecule has 5 nitrogen and oxygen atoms in total. The molecule has 0 radical (unpaired) electrons. The number of nitrogens with two attached hydrogens (primary N) is 2. The van der Waals surface area contributed by atoms with Gasteiger partial charge in [0.1, 0.15) is 18.5 Å². The number of aliphatic hydroxyl groups is 1. The standard InChI is InChI=1S/C13H23N3O2/c1-8(2)16-6-10(17)7-18-11-5-4-9(3)12(14)13(11)15/h4-5,8,10,16-17H,6-7,14-15H2,1-3H3. The topological polar surface area (TPSA) is 93.5 Å². The van der Waals surface area contributed by atoms with Crippen molar-refractivity contribution in [3.63, 3.8) is 0 Å². The molecule has 18 heavy (non-hydrogen) atoms. The van der Waals surface area contributed by atoms with Crippen molar-refractivity contribution in [3.8, 4) is 5.75 Å². The maximum Gasteiger partial charge on any atom is 0.144 e. The Morgan fingerprint density at radius 1 is 1.28 bits per heavy atom. The van der Waals surface area contributed by atoms with Crippen molar-refractivity contribution in [1.29, 1.82) is 0 Å². The third-order valence-electron chi connectivity index (χ3n) is 2.66. The number of rotatable bonds is 6. The zero-order valence-electron chi connectivity index (χ0n) is 11.2. The van der Waals surface area contributed by atoms with Crippen molar-refractivity contribution in [3.05, 3.63) is 17.7 Å². The molecule has 1 rings (SSSR count). The molecule has 0 aliphatic carbocycles. The SMILES string of the molecule is Cc1ccc(OCC(O)CNC(C)C)c(N)c1N. The molecule has 1 aromatic carbocycles. The lowest BCUT2D eigenvalue weighted by Gasteiger charge is -2.16. The van der Waals surface area contributed by atoms with E-state index < -0.39 is 6.10 Å². The summed E-state index contributed by atoms with van der Waals surface area (Å²) in [6.07, 6.45) is -0.575. The lowest BCUT2D eigenvalue weighted by atomic mass is 10.1. The Balaban J connectivity index is 2.51. The highest BCUT2D eigenvalue weighted by Gasteiger charge is 2.10. The Morgan fingerprint density at radius 3 is 2.56 bits per heavy atom. The molecule has 0 saturated heterocycles. The summed E-state index contributed by atoms with van der Waals surface area (Å²) in [6, 6.07) is 3.95. The first-order chi connectivity index (χ1) is 8.41. The van der Waals surface area contributed by atoms with E-state index in [-0.39, 0.29) is 6.61 Å². The van der Waals surface area contributed by atoms with Crippen molar-refractivity contribution in [2.24, 2.45) is 0 Å². The van der Waals surface area contributed by atoms with Crippen molar-refractivity contribution in [1.82, 2.24) is 5.32 Å². The number of benzene rings is 1. The van der Waals surface area contributed by atoms with Gasteiger partial charge in [-0.3, -0.25) is 0 Å². The van der Waals surface area contributed by atoms with Gasteiger partial charge in [-0.2, -0.15) is 0 Å². The molecule has 0 spiro atoms. The molecule has 1 aromatic rings. The first-order valence-corrected chi connectivity index (χ1v) is 6.10. The third-order valence-corrected chi connectivity index (χ3v) is 2.66. The van der Waals surface area contributed by atoms with Crippen molar-refractivity contribution in [2.75, 3.05) is 24.6 Å². The van der Waals surface area contributed by atoms with Crippen LogP contribution in [-0.2, 0) is 0 Å². The molecule has 0 saturated carbocycles. The smallest absolute Gasteiger partial charge is 0.144 e. The van der Waals surface area contributed by atoms with Crippen molar-refractivity contribution < 1.29 is 9.84 Å². The van der Waals surface area contributed by atoms with E-state index in [1.807, 2.05) is 26.8 Å². The van der Waals surface area contributed by atoms with E-state index >= 15 is 0 Å². The molecule has 6 N–H and O–H groups in total. The Kier molecular flexibility index (Phi) is 5.25. The summed E-state index contributed by atoms with van der Waals surface area (Å²) in [4.78, 5) is 0. The fraction of sp³-hybridized carbons (Fsp3) is 0.538. The largest absolute Gasteiger partial charge is 0.489 e. The second-order valence-electron chi connectivity index (χ2n) is 4.74. The quantitative estimate of drug-likeness (QED) is 0.565. The fourth-order valence-corrected chi connectivity index (χ4v) is 1.47. The van der Waals surface area contributed by atoms with Crippen LogP contribution in [-0.4, -0.2) is 30.4 Å². The minimum absolute atomic E-state index is 0.187. The number of ether oxygens (including phenoxy) is 1. The molecule has 1 atom stereocenters. The number of hydrogen-bond acceptors (Lipinski definition) is 5. The summed E-state index contributed by atoms with van der Waals surface area (Å²) >= 11 is 0. The van der Waals surface area contributed by atoms with Crippen LogP contribution in [0.25, 0.3) is 0 Å². The van der Waals surface area contributed by atoms with E-state index in [4.69, 9.17) is 16.2 Å². The van der Waals surface area contributed by atoms with Gasteiger partial charge in [0.05, 0.1) is 11.4 Å². The van der Waals surface area contributed by atoms with Gasteiger partial charge < -0.3 is 26.6 Å². The zero-order chi connectivity index (χ0) is 13.7. The van der Waals surface area contributed by atoms with Gasteiger partial charge in [-0.1, -0.05) is 19.9 Å². The van der Waals surface area contributed by atoms with Crippen LogP contribution >= 0.6 is 0 Å². The van der Waals surface area contributed by atoms with Crippen LogP contribution in [0, 0.1) is 6.92 Å². The number of aliphatic hydroxyl groups excluding tert-OH is 1. The maximum absolute atomic E-state index is 9.71. The Morgan fingerprint density at radius 2 is 1.94 bits per heavy atom. The molecule has 5 heteroatoms. The molecular weight excluding hydrogens is 230 g/mol. The predicted molar refractivity (Wildman–Crippen MR) is 74.6 cm³/mol. The van der Waals surface area contributed by atoms with Crippen LogP contribution in [0.1, 0.15) is 19.4 Å². The lowest BCUT2D eigenvalue weighted by Crippen LogP contribution is -2.35. The summed E-state index contributed by atoms with van der Waals surface area (Å²) < 4.78 is 5.47. The Labute approximate surface area is 108 Å². The van der Waals surface area contributed by atoms with Gasteiger partial charge in [0.25, 0.3) is 0 Å². The Hall–Kier alpha value is -1.46. The van der Waals surface area contributed by atoms with Crippen LogP contribution in [0.5, 0.6) is 5.75 Å². The monoisotopic (exact) mass is 253 g/mol.